The Balaban J connectivity index is 1.85. The first-order chi connectivity index (χ1) is 8.75. The van der Waals surface area contributed by atoms with Gasteiger partial charge in [-0.1, -0.05) is 28.1 Å². The number of nitrogens with zero attached hydrogens (tertiary/aromatic N) is 1. The summed E-state index contributed by atoms with van der Waals surface area (Å²) in [6.45, 7) is 1.74. The van der Waals surface area contributed by atoms with Crippen LogP contribution in [0, 0.1) is 0 Å². The lowest BCUT2D eigenvalue weighted by Gasteiger charge is -2.26. The van der Waals surface area contributed by atoms with Crippen molar-refractivity contribution in [3.05, 3.63) is 40.5 Å². The van der Waals surface area contributed by atoms with Gasteiger partial charge < -0.3 is 10.2 Å². The lowest BCUT2D eigenvalue weighted by atomic mass is 10.1. The molecule has 2 amide bonds. The summed E-state index contributed by atoms with van der Waals surface area (Å²) in [5.41, 5.74) is 1.06. The molecule has 0 atom stereocenters. The first-order valence-corrected chi connectivity index (χ1v) is 7.02. The lowest BCUT2D eigenvalue weighted by molar-refractivity contribution is 0.190. The van der Waals surface area contributed by atoms with Gasteiger partial charge in [-0.3, -0.25) is 0 Å². The van der Waals surface area contributed by atoms with Crippen LogP contribution in [0.15, 0.2) is 34.9 Å². The standard InChI is InChI=1S/C14H17BrN2O/c15-13-6-4-5-12(11-13)7-8-16-14(18)17-9-2-1-3-10-17/h4-8,11H,1-3,9-10H2,(H,16,18)/b8-7+. The zero-order valence-corrected chi connectivity index (χ0v) is 11.8. The van der Waals surface area contributed by atoms with Crippen LogP contribution in [0.3, 0.4) is 0 Å². The van der Waals surface area contributed by atoms with Crippen molar-refractivity contribution in [2.24, 2.45) is 0 Å². The summed E-state index contributed by atoms with van der Waals surface area (Å²) in [5.74, 6) is 0. The maximum absolute atomic E-state index is 11.8. The van der Waals surface area contributed by atoms with Crippen molar-refractivity contribution in [2.45, 2.75) is 19.3 Å². The minimum atomic E-state index is 0.000877. The predicted octanol–water partition coefficient (Wildman–Crippen LogP) is 3.62. The summed E-state index contributed by atoms with van der Waals surface area (Å²) < 4.78 is 1.03. The number of rotatable bonds is 2. The largest absolute Gasteiger partial charge is 0.325 e. The molecular formula is C14H17BrN2O. The third kappa shape index (κ3) is 3.88. The minimum Gasteiger partial charge on any atom is -0.325 e. The Bertz CT molecular complexity index is 439. The molecule has 18 heavy (non-hydrogen) atoms. The fourth-order valence-electron chi connectivity index (χ4n) is 2.01. The number of halogens is 1. The predicted molar refractivity (Wildman–Crippen MR) is 77.1 cm³/mol. The number of hydrogen-bond donors (Lipinski definition) is 1. The molecule has 1 aromatic rings. The summed E-state index contributed by atoms with van der Waals surface area (Å²) in [6, 6.07) is 7.94. The SMILES string of the molecule is O=C(N/C=C/c1cccc(Br)c1)N1CCCCC1. The van der Waals surface area contributed by atoms with Crippen LogP contribution in [0.25, 0.3) is 6.08 Å². The van der Waals surface area contributed by atoms with E-state index in [9.17, 15) is 4.79 Å². The second-order valence-electron chi connectivity index (χ2n) is 4.39. The molecule has 0 saturated carbocycles. The van der Waals surface area contributed by atoms with Crippen LogP contribution in [0.5, 0.6) is 0 Å². The Morgan fingerprint density at radius 1 is 1.28 bits per heavy atom. The summed E-state index contributed by atoms with van der Waals surface area (Å²) in [6.07, 6.45) is 7.06. The van der Waals surface area contributed by atoms with E-state index in [0.717, 1.165) is 36.0 Å². The lowest BCUT2D eigenvalue weighted by Crippen LogP contribution is -2.40. The number of carbonyl (C=O) groups is 1. The molecule has 0 bridgehead atoms. The quantitative estimate of drug-likeness (QED) is 0.889. The van der Waals surface area contributed by atoms with Crippen molar-refractivity contribution >= 4 is 28.0 Å². The molecule has 0 aromatic heterocycles. The fraction of sp³-hybridized carbons (Fsp3) is 0.357. The highest BCUT2D eigenvalue weighted by Crippen LogP contribution is 2.12. The van der Waals surface area contributed by atoms with Gasteiger partial charge in [0, 0.05) is 23.8 Å². The molecule has 1 heterocycles. The maximum atomic E-state index is 11.8. The molecule has 1 fully saturated rings. The van der Waals surface area contributed by atoms with E-state index in [4.69, 9.17) is 0 Å². The van der Waals surface area contributed by atoms with Gasteiger partial charge in [0.25, 0.3) is 0 Å². The molecule has 4 heteroatoms. The molecule has 3 nitrogen and oxygen atoms in total. The number of benzene rings is 1. The molecule has 0 radical (unpaired) electrons. The highest BCUT2D eigenvalue weighted by atomic mass is 79.9. The van der Waals surface area contributed by atoms with Gasteiger partial charge in [-0.15, -0.1) is 0 Å². The van der Waals surface area contributed by atoms with E-state index in [0.29, 0.717) is 0 Å². The smallest absolute Gasteiger partial charge is 0.321 e. The van der Waals surface area contributed by atoms with Crippen molar-refractivity contribution in [3.8, 4) is 0 Å². The Hall–Kier alpha value is -1.29. The fourth-order valence-corrected chi connectivity index (χ4v) is 2.42. The van der Waals surface area contributed by atoms with Gasteiger partial charge in [-0.2, -0.15) is 0 Å². The second-order valence-corrected chi connectivity index (χ2v) is 5.30. The Morgan fingerprint density at radius 2 is 2.06 bits per heavy atom. The zero-order chi connectivity index (χ0) is 12.8. The van der Waals surface area contributed by atoms with Gasteiger partial charge in [-0.05, 0) is 43.0 Å². The van der Waals surface area contributed by atoms with Crippen LogP contribution in [0.2, 0.25) is 0 Å². The monoisotopic (exact) mass is 308 g/mol. The first kappa shape index (κ1) is 13.1. The summed E-state index contributed by atoms with van der Waals surface area (Å²) in [5, 5.41) is 2.81. The van der Waals surface area contributed by atoms with Gasteiger partial charge in [-0.25, -0.2) is 4.79 Å². The van der Waals surface area contributed by atoms with E-state index in [1.807, 2.05) is 35.2 Å². The van der Waals surface area contributed by atoms with E-state index < -0.39 is 0 Å². The molecule has 1 aliphatic rings. The Kier molecular flexibility index (Phi) is 4.81. The van der Waals surface area contributed by atoms with Gasteiger partial charge in [0.2, 0.25) is 0 Å². The van der Waals surface area contributed by atoms with E-state index >= 15 is 0 Å². The Morgan fingerprint density at radius 3 is 2.78 bits per heavy atom. The van der Waals surface area contributed by atoms with Crippen LogP contribution >= 0.6 is 15.9 Å². The van der Waals surface area contributed by atoms with Gasteiger partial charge >= 0.3 is 6.03 Å². The van der Waals surface area contributed by atoms with Crippen LogP contribution in [0.1, 0.15) is 24.8 Å². The third-order valence-corrected chi connectivity index (χ3v) is 3.47. The van der Waals surface area contributed by atoms with E-state index in [2.05, 4.69) is 21.2 Å². The first-order valence-electron chi connectivity index (χ1n) is 6.23. The van der Waals surface area contributed by atoms with Crippen LogP contribution in [0.4, 0.5) is 4.79 Å². The highest BCUT2D eigenvalue weighted by molar-refractivity contribution is 9.10. The summed E-state index contributed by atoms with van der Waals surface area (Å²) in [4.78, 5) is 13.7. The highest BCUT2D eigenvalue weighted by Gasteiger charge is 2.14. The van der Waals surface area contributed by atoms with Gasteiger partial charge in [0.05, 0.1) is 0 Å². The number of hydrogen-bond acceptors (Lipinski definition) is 1. The average molecular weight is 309 g/mol. The number of nitrogens with one attached hydrogen (secondary N) is 1. The number of likely N-dealkylation sites (tertiary alicyclic amines) is 1. The number of amides is 2. The van der Waals surface area contributed by atoms with Crippen molar-refractivity contribution < 1.29 is 4.79 Å². The van der Waals surface area contributed by atoms with Gasteiger partial charge in [0.15, 0.2) is 0 Å². The number of urea groups is 1. The van der Waals surface area contributed by atoms with Gasteiger partial charge in [0.1, 0.15) is 0 Å². The van der Waals surface area contributed by atoms with Crippen molar-refractivity contribution in [2.75, 3.05) is 13.1 Å². The average Bonchev–Trinajstić information content (AvgIpc) is 2.40. The normalized spacial score (nSPS) is 15.9. The molecule has 1 saturated heterocycles. The molecule has 2 rings (SSSR count). The van der Waals surface area contributed by atoms with Crippen molar-refractivity contribution in [1.29, 1.82) is 0 Å². The summed E-state index contributed by atoms with van der Waals surface area (Å²) in [7, 11) is 0. The molecule has 0 aliphatic carbocycles. The van der Waals surface area contributed by atoms with Crippen molar-refractivity contribution in [3.63, 3.8) is 0 Å². The van der Waals surface area contributed by atoms with Crippen molar-refractivity contribution in [1.82, 2.24) is 10.2 Å². The second kappa shape index (κ2) is 6.59. The zero-order valence-electron chi connectivity index (χ0n) is 10.2. The topological polar surface area (TPSA) is 32.3 Å². The molecule has 1 aliphatic heterocycles. The minimum absolute atomic E-state index is 0.000877. The van der Waals surface area contributed by atoms with Crippen LogP contribution < -0.4 is 5.32 Å². The summed E-state index contributed by atoms with van der Waals surface area (Å²) >= 11 is 3.42. The Labute approximate surface area is 116 Å². The van der Waals surface area contributed by atoms with E-state index in [1.165, 1.54) is 6.42 Å². The maximum Gasteiger partial charge on any atom is 0.321 e. The molecule has 0 unspecified atom stereocenters. The molecule has 0 spiro atoms. The van der Waals surface area contributed by atoms with Crippen LogP contribution in [-0.4, -0.2) is 24.0 Å². The number of carbonyl (C=O) groups excluding carboxylic acids is 1. The number of piperidine rings is 1. The third-order valence-electron chi connectivity index (χ3n) is 2.97. The molecular weight excluding hydrogens is 292 g/mol. The molecule has 1 aromatic carbocycles. The van der Waals surface area contributed by atoms with E-state index in [1.54, 1.807) is 6.20 Å². The van der Waals surface area contributed by atoms with Crippen LogP contribution in [-0.2, 0) is 0 Å². The molecule has 1 N–H and O–H groups in total. The molecule has 96 valence electrons. The van der Waals surface area contributed by atoms with E-state index in [-0.39, 0.29) is 6.03 Å².